The number of nitrogens with two attached hydrogens (primary N) is 1. The topological polar surface area (TPSA) is 58.4 Å². The summed E-state index contributed by atoms with van der Waals surface area (Å²) < 4.78 is 12.7. The van der Waals surface area contributed by atoms with E-state index in [9.17, 15) is 9.18 Å². The SMILES string of the molecule is CC(N)CCN(C)C(=O)Nc1ccc(F)cc1. The Morgan fingerprint density at radius 3 is 2.59 bits per heavy atom. The molecule has 0 heterocycles. The number of amides is 2. The molecule has 1 aromatic carbocycles. The van der Waals surface area contributed by atoms with E-state index in [1.165, 1.54) is 24.3 Å². The van der Waals surface area contributed by atoms with Gasteiger partial charge in [0.15, 0.2) is 0 Å². The van der Waals surface area contributed by atoms with Crippen molar-refractivity contribution < 1.29 is 9.18 Å². The molecule has 0 radical (unpaired) electrons. The lowest BCUT2D eigenvalue weighted by Crippen LogP contribution is -2.34. The zero-order chi connectivity index (χ0) is 12.8. The Bertz CT molecular complexity index is 365. The van der Waals surface area contributed by atoms with Gasteiger partial charge in [0.2, 0.25) is 0 Å². The normalized spacial score (nSPS) is 12.0. The van der Waals surface area contributed by atoms with Crippen LogP contribution in [0.3, 0.4) is 0 Å². The van der Waals surface area contributed by atoms with E-state index in [2.05, 4.69) is 5.32 Å². The maximum atomic E-state index is 12.7. The van der Waals surface area contributed by atoms with E-state index >= 15 is 0 Å². The van der Waals surface area contributed by atoms with E-state index in [-0.39, 0.29) is 17.9 Å². The number of halogens is 1. The van der Waals surface area contributed by atoms with Crippen molar-refractivity contribution in [3.05, 3.63) is 30.1 Å². The first-order valence-electron chi connectivity index (χ1n) is 5.52. The van der Waals surface area contributed by atoms with Crippen LogP contribution in [-0.2, 0) is 0 Å². The van der Waals surface area contributed by atoms with Crippen LogP contribution in [-0.4, -0.2) is 30.6 Å². The van der Waals surface area contributed by atoms with Gasteiger partial charge in [0.25, 0.3) is 0 Å². The number of benzene rings is 1. The fraction of sp³-hybridized carbons (Fsp3) is 0.417. The first kappa shape index (κ1) is 13.4. The van der Waals surface area contributed by atoms with Crippen molar-refractivity contribution in [2.24, 2.45) is 5.73 Å². The van der Waals surface area contributed by atoms with Gasteiger partial charge in [0.05, 0.1) is 0 Å². The Kier molecular flexibility index (Phi) is 4.90. The quantitative estimate of drug-likeness (QED) is 0.844. The second kappa shape index (κ2) is 6.20. The van der Waals surface area contributed by atoms with Gasteiger partial charge in [-0.05, 0) is 37.6 Å². The van der Waals surface area contributed by atoms with E-state index < -0.39 is 0 Å². The molecular formula is C12H18FN3O. The molecule has 0 aliphatic carbocycles. The highest BCUT2D eigenvalue weighted by Crippen LogP contribution is 2.09. The number of hydrogen-bond donors (Lipinski definition) is 2. The highest BCUT2D eigenvalue weighted by atomic mass is 19.1. The molecule has 4 nitrogen and oxygen atoms in total. The number of hydrogen-bond acceptors (Lipinski definition) is 2. The fourth-order valence-corrected chi connectivity index (χ4v) is 1.25. The van der Waals surface area contributed by atoms with Gasteiger partial charge in [-0.25, -0.2) is 9.18 Å². The Morgan fingerprint density at radius 1 is 1.47 bits per heavy atom. The molecule has 2 amide bonds. The smallest absolute Gasteiger partial charge is 0.321 e. The minimum absolute atomic E-state index is 0.0658. The molecule has 0 aliphatic heterocycles. The number of carbonyl (C=O) groups excluding carboxylic acids is 1. The van der Waals surface area contributed by atoms with Gasteiger partial charge in [0.1, 0.15) is 5.82 Å². The summed E-state index contributed by atoms with van der Waals surface area (Å²) in [4.78, 5) is 13.2. The minimum atomic E-state index is -0.326. The summed E-state index contributed by atoms with van der Waals surface area (Å²) >= 11 is 0. The average molecular weight is 239 g/mol. The molecule has 1 unspecified atom stereocenters. The second-order valence-corrected chi connectivity index (χ2v) is 4.12. The van der Waals surface area contributed by atoms with E-state index in [1.807, 2.05) is 6.92 Å². The molecule has 0 saturated carbocycles. The number of nitrogens with zero attached hydrogens (tertiary/aromatic N) is 1. The van der Waals surface area contributed by atoms with Crippen LogP contribution >= 0.6 is 0 Å². The highest BCUT2D eigenvalue weighted by molar-refractivity contribution is 5.89. The molecule has 0 spiro atoms. The number of rotatable bonds is 4. The van der Waals surface area contributed by atoms with Gasteiger partial charge < -0.3 is 16.0 Å². The maximum Gasteiger partial charge on any atom is 0.321 e. The van der Waals surface area contributed by atoms with Crippen molar-refractivity contribution in [1.82, 2.24) is 4.90 Å². The average Bonchev–Trinajstić information content (AvgIpc) is 2.28. The number of carbonyl (C=O) groups is 1. The van der Waals surface area contributed by atoms with Crippen molar-refractivity contribution in [2.75, 3.05) is 18.9 Å². The van der Waals surface area contributed by atoms with Gasteiger partial charge >= 0.3 is 6.03 Å². The van der Waals surface area contributed by atoms with Crippen molar-refractivity contribution >= 4 is 11.7 Å². The third-order valence-electron chi connectivity index (χ3n) is 2.36. The standard InChI is InChI=1S/C12H18FN3O/c1-9(14)7-8-16(2)12(17)15-11-5-3-10(13)4-6-11/h3-6,9H,7-8,14H2,1-2H3,(H,15,17). The van der Waals surface area contributed by atoms with Crippen molar-refractivity contribution in [3.8, 4) is 0 Å². The van der Waals surface area contributed by atoms with Crippen LogP contribution in [0, 0.1) is 5.82 Å². The van der Waals surface area contributed by atoms with E-state index in [0.29, 0.717) is 12.2 Å². The van der Waals surface area contributed by atoms with Crippen LogP contribution in [0.25, 0.3) is 0 Å². The van der Waals surface area contributed by atoms with Gasteiger partial charge in [-0.15, -0.1) is 0 Å². The number of urea groups is 1. The predicted octanol–water partition coefficient (Wildman–Crippen LogP) is 2.03. The van der Waals surface area contributed by atoms with Crippen LogP contribution in [0.1, 0.15) is 13.3 Å². The lowest BCUT2D eigenvalue weighted by atomic mass is 10.2. The summed E-state index contributed by atoms with van der Waals surface area (Å²) in [6.45, 7) is 2.48. The zero-order valence-electron chi connectivity index (χ0n) is 10.1. The molecular weight excluding hydrogens is 221 g/mol. The van der Waals surface area contributed by atoms with Crippen LogP contribution < -0.4 is 11.1 Å². The predicted molar refractivity (Wildman–Crippen MR) is 66.3 cm³/mol. The lowest BCUT2D eigenvalue weighted by molar-refractivity contribution is 0.221. The van der Waals surface area contributed by atoms with E-state index in [4.69, 9.17) is 5.73 Å². The van der Waals surface area contributed by atoms with Crippen LogP contribution in [0.2, 0.25) is 0 Å². The Labute approximate surface area is 101 Å². The van der Waals surface area contributed by atoms with Crippen LogP contribution in [0.4, 0.5) is 14.9 Å². The third-order valence-corrected chi connectivity index (χ3v) is 2.36. The molecule has 0 aromatic heterocycles. The molecule has 0 bridgehead atoms. The van der Waals surface area contributed by atoms with Crippen LogP contribution in [0.5, 0.6) is 0 Å². The van der Waals surface area contributed by atoms with E-state index in [1.54, 1.807) is 11.9 Å². The van der Waals surface area contributed by atoms with Crippen molar-refractivity contribution in [1.29, 1.82) is 0 Å². The summed E-state index contributed by atoms with van der Waals surface area (Å²) in [6, 6.07) is 5.49. The molecule has 17 heavy (non-hydrogen) atoms. The molecule has 3 N–H and O–H groups in total. The summed E-state index contributed by atoms with van der Waals surface area (Å²) in [7, 11) is 1.70. The third kappa shape index (κ3) is 4.82. The Morgan fingerprint density at radius 2 is 2.06 bits per heavy atom. The molecule has 0 saturated heterocycles. The first-order valence-corrected chi connectivity index (χ1v) is 5.52. The van der Waals surface area contributed by atoms with Gasteiger partial charge in [-0.2, -0.15) is 0 Å². The van der Waals surface area contributed by atoms with Crippen LogP contribution in [0.15, 0.2) is 24.3 Å². The van der Waals surface area contributed by atoms with Crippen molar-refractivity contribution in [3.63, 3.8) is 0 Å². The molecule has 1 atom stereocenters. The molecule has 0 fully saturated rings. The van der Waals surface area contributed by atoms with Gasteiger partial charge in [0, 0.05) is 25.3 Å². The first-order chi connectivity index (χ1) is 7.99. The summed E-state index contributed by atoms with van der Waals surface area (Å²) in [5.41, 5.74) is 6.18. The number of anilines is 1. The van der Waals surface area contributed by atoms with E-state index in [0.717, 1.165) is 6.42 Å². The monoisotopic (exact) mass is 239 g/mol. The molecule has 1 rings (SSSR count). The van der Waals surface area contributed by atoms with Gasteiger partial charge in [-0.3, -0.25) is 0 Å². The largest absolute Gasteiger partial charge is 0.328 e. The second-order valence-electron chi connectivity index (χ2n) is 4.12. The fourth-order valence-electron chi connectivity index (χ4n) is 1.25. The molecule has 0 aliphatic rings. The molecule has 5 heteroatoms. The highest BCUT2D eigenvalue weighted by Gasteiger charge is 2.09. The summed E-state index contributed by atoms with van der Waals surface area (Å²) in [5.74, 6) is -0.326. The minimum Gasteiger partial charge on any atom is -0.328 e. The Hall–Kier alpha value is -1.62. The summed E-state index contributed by atoms with van der Waals surface area (Å²) in [6.07, 6.45) is 0.743. The number of nitrogens with one attached hydrogen (secondary N) is 1. The lowest BCUT2D eigenvalue weighted by Gasteiger charge is -2.18. The van der Waals surface area contributed by atoms with Gasteiger partial charge in [-0.1, -0.05) is 0 Å². The zero-order valence-corrected chi connectivity index (χ0v) is 10.1. The maximum absolute atomic E-state index is 12.7. The molecule has 94 valence electrons. The molecule has 1 aromatic rings. The summed E-state index contributed by atoms with van der Waals surface area (Å²) in [5, 5.41) is 2.67. The van der Waals surface area contributed by atoms with Crippen molar-refractivity contribution in [2.45, 2.75) is 19.4 Å². The Balaban J connectivity index is 2.45.